The smallest absolute Gasteiger partial charge is 0.334 e. The molecule has 208 valence electrons. The molecule has 0 saturated carbocycles. The summed E-state index contributed by atoms with van der Waals surface area (Å²) < 4.78 is 10.2. The average molecular weight is 543 g/mol. The first-order valence-corrected chi connectivity index (χ1v) is 13.4. The third-order valence-corrected chi connectivity index (χ3v) is 6.98. The zero-order valence-corrected chi connectivity index (χ0v) is 23.6. The fourth-order valence-electron chi connectivity index (χ4n) is 5.01. The minimum absolute atomic E-state index is 0.0313. The van der Waals surface area contributed by atoms with Crippen molar-refractivity contribution in [2.75, 3.05) is 7.11 Å². The lowest BCUT2D eigenvalue weighted by atomic mass is 9.98. The van der Waals surface area contributed by atoms with Crippen LogP contribution in [0.2, 0.25) is 0 Å². The fraction of sp³-hybridized carbons (Fsp3) is 0.379. The Hall–Kier alpha value is -4.38. The number of imidazole rings is 1. The first-order chi connectivity index (χ1) is 19.2. The van der Waals surface area contributed by atoms with Crippen LogP contribution in [0, 0.1) is 5.92 Å². The maximum atomic E-state index is 13.8. The van der Waals surface area contributed by atoms with Gasteiger partial charge in [-0.2, -0.15) is 5.21 Å². The lowest BCUT2D eigenvalue weighted by molar-refractivity contribution is 0.0528. The zero-order chi connectivity index (χ0) is 28.6. The van der Waals surface area contributed by atoms with Gasteiger partial charge in [0.15, 0.2) is 11.2 Å². The van der Waals surface area contributed by atoms with E-state index >= 15 is 0 Å². The highest BCUT2D eigenvalue weighted by atomic mass is 16.5. The molecule has 5 rings (SSSR count). The summed E-state index contributed by atoms with van der Waals surface area (Å²) in [7, 11) is 1.49. The third-order valence-electron chi connectivity index (χ3n) is 6.98. The molecule has 0 saturated heterocycles. The molecule has 3 heterocycles. The second-order valence-corrected chi connectivity index (χ2v) is 10.7. The van der Waals surface area contributed by atoms with Gasteiger partial charge in [-0.3, -0.25) is 9.36 Å². The van der Waals surface area contributed by atoms with Gasteiger partial charge in [0.2, 0.25) is 5.82 Å². The van der Waals surface area contributed by atoms with Crippen LogP contribution in [-0.2, 0) is 17.8 Å². The zero-order valence-electron chi connectivity index (χ0n) is 23.6. The summed E-state index contributed by atoms with van der Waals surface area (Å²) in [4.78, 5) is 32.1. The van der Waals surface area contributed by atoms with E-state index < -0.39 is 17.5 Å². The Morgan fingerprint density at radius 1 is 0.925 bits per heavy atom. The van der Waals surface area contributed by atoms with Crippen molar-refractivity contribution in [1.82, 2.24) is 39.3 Å². The molecule has 1 unspecified atom stereocenters. The van der Waals surface area contributed by atoms with Crippen LogP contribution in [0.15, 0.2) is 58.1 Å². The molecule has 0 radical (unpaired) electrons. The number of ether oxygens (including phenoxy) is 1. The quantitative estimate of drug-likeness (QED) is 0.296. The van der Waals surface area contributed by atoms with Crippen molar-refractivity contribution in [3.63, 3.8) is 0 Å². The second-order valence-electron chi connectivity index (χ2n) is 10.7. The Morgan fingerprint density at radius 3 is 2.23 bits per heavy atom. The van der Waals surface area contributed by atoms with E-state index in [2.05, 4.69) is 20.6 Å². The van der Waals surface area contributed by atoms with Gasteiger partial charge in [-0.1, -0.05) is 76.2 Å². The van der Waals surface area contributed by atoms with Crippen molar-refractivity contribution in [3.8, 4) is 22.5 Å². The molecular weight excluding hydrogens is 508 g/mol. The molecule has 5 aromatic rings. The Bertz CT molecular complexity index is 1750. The molecule has 0 bridgehead atoms. The van der Waals surface area contributed by atoms with Crippen molar-refractivity contribution in [2.24, 2.45) is 5.92 Å². The first kappa shape index (κ1) is 27.2. The summed E-state index contributed by atoms with van der Waals surface area (Å²) in [5, 5.41) is 14.5. The third kappa shape index (κ3) is 4.88. The molecule has 0 aliphatic rings. The number of rotatable bonds is 9. The number of methoxy groups -OCH3 is 1. The molecule has 0 aliphatic carbocycles. The molecule has 0 spiro atoms. The Morgan fingerprint density at radius 2 is 1.62 bits per heavy atom. The van der Waals surface area contributed by atoms with Crippen molar-refractivity contribution in [1.29, 1.82) is 0 Å². The van der Waals surface area contributed by atoms with Gasteiger partial charge in [0.25, 0.3) is 5.56 Å². The molecule has 11 heteroatoms. The van der Waals surface area contributed by atoms with E-state index in [1.54, 1.807) is 11.5 Å². The highest BCUT2D eigenvalue weighted by Gasteiger charge is 2.25. The number of benzene rings is 2. The Balaban J connectivity index is 1.63. The van der Waals surface area contributed by atoms with E-state index in [1.807, 2.05) is 80.8 Å². The monoisotopic (exact) mass is 542 g/mol. The maximum Gasteiger partial charge on any atom is 0.334 e. The van der Waals surface area contributed by atoms with Gasteiger partial charge in [-0.25, -0.2) is 14.3 Å². The second kappa shape index (κ2) is 11.0. The molecular formula is C29H34N8O3. The van der Waals surface area contributed by atoms with Crippen LogP contribution < -0.4 is 11.2 Å². The van der Waals surface area contributed by atoms with Crippen molar-refractivity contribution in [2.45, 2.75) is 59.9 Å². The van der Waals surface area contributed by atoms with Crippen molar-refractivity contribution >= 4 is 11.2 Å². The maximum absolute atomic E-state index is 13.8. The van der Waals surface area contributed by atoms with Crippen LogP contribution >= 0.6 is 0 Å². The highest BCUT2D eigenvalue weighted by Crippen LogP contribution is 2.30. The molecule has 0 aliphatic heterocycles. The topological polar surface area (TPSA) is 126 Å². The highest BCUT2D eigenvalue weighted by molar-refractivity contribution is 5.80. The summed E-state index contributed by atoms with van der Waals surface area (Å²) in [6, 6.07) is 16.1. The number of hydrogen-bond acceptors (Lipinski definition) is 7. The number of H-pyrrole nitrogens is 1. The van der Waals surface area contributed by atoms with Crippen molar-refractivity contribution in [3.05, 3.63) is 80.8 Å². The largest absolute Gasteiger partial charge is 0.361 e. The lowest BCUT2D eigenvalue weighted by Crippen LogP contribution is -2.43. The van der Waals surface area contributed by atoms with E-state index in [-0.39, 0.29) is 11.8 Å². The van der Waals surface area contributed by atoms with Crippen LogP contribution in [0.1, 0.15) is 58.2 Å². The Kier molecular flexibility index (Phi) is 7.49. The molecule has 0 fully saturated rings. The number of aromatic amines is 1. The molecule has 11 nitrogen and oxygen atoms in total. The number of aromatic nitrogens is 8. The molecule has 2 aromatic carbocycles. The van der Waals surface area contributed by atoms with Crippen molar-refractivity contribution < 1.29 is 4.74 Å². The SMILES string of the molecule is COC(C)n1c(=O)c2c(nc(C(C)C)n2Cc2ccc(-c3ccccc3-c3nn[nH]n3)cc2)n(CC(C)C)c1=O. The minimum atomic E-state index is -0.716. The summed E-state index contributed by atoms with van der Waals surface area (Å²) >= 11 is 0. The summed E-state index contributed by atoms with van der Waals surface area (Å²) in [6.45, 7) is 10.7. The average Bonchev–Trinajstić information content (AvgIpc) is 3.60. The fourth-order valence-corrected chi connectivity index (χ4v) is 5.01. The van der Waals surface area contributed by atoms with Crippen LogP contribution in [0.3, 0.4) is 0 Å². The lowest BCUT2D eigenvalue weighted by Gasteiger charge is -2.17. The van der Waals surface area contributed by atoms with E-state index in [0.717, 1.165) is 28.1 Å². The van der Waals surface area contributed by atoms with Gasteiger partial charge in [0, 0.05) is 31.7 Å². The van der Waals surface area contributed by atoms with Gasteiger partial charge in [-0.15, -0.1) is 10.2 Å². The summed E-state index contributed by atoms with van der Waals surface area (Å²) in [5.74, 6) is 1.49. The number of nitrogens with one attached hydrogen (secondary N) is 1. The van der Waals surface area contributed by atoms with Crippen LogP contribution in [0.5, 0.6) is 0 Å². The number of hydrogen-bond donors (Lipinski definition) is 1. The van der Waals surface area contributed by atoms with Crippen LogP contribution in [0.4, 0.5) is 0 Å². The summed E-state index contributed by atoms with van der Waals surface area (Å²) in [5.41, 5.74) is 3.87. The number of fused-ring (bicyclic) bond motifs is 1. The van der Waals surface area contributed by atoms with Gasteiger partial charge in [-0.05, 0) is 34.7 Å². The first-order valence-electron chi connectivity index (χ1n) is 13.4. The predicted octanol–water partition coefficient (Wildman–Crippen LogP) is 4.20. The number of nitrogens with zero attached hydrogens (tertiary/aromatic N) is 7. The van der Waals surface area contributed by atoms with Gasteiger partial charge in [0.1, 0.15) is 12.1 Å². The van der Waals surface area contributed by atoms with E-state index in [1.165, 1.54) is 11.7 Å². The standard InChI is InChI=1S/C29H34N8O3/c1-17(2)15-36-27-24(28(38)37(29(36)39)19(5)40-6)35(26(30-27)18(3)4)16-20-11-13-21(14-12-20)22-9-7-8-10-23(22)25-31-33-34-32-25/h7-14,17-19H,15-16H2,1-6H3,(H,31,32,33,34). The van der Waals surface area contributed by atoms with Gasteiger partial charge < -0.3 is 9.30 Å². The molecule has 0 amide bonds. The van der Waals surface area contributed by atoms with Crippen LogP contribution in [-0.4, -0.2) is 46.4 Å². The summed E-state index contributed by atoms with van der Waals surface area (Å²) in [6.07, 6.45) is -0.716. The van der Waals surface area contributed by atoms with E-state index in [4.69, 9.17) is 9.72 Å². The van der Waals surface area contributed by atoms with Gasteiger partial charge >= 0.3 is 5.69 Å². The van der Waals surface area contributed by atoms with Crippen LogP contribution in [0.25, 0.3) is 33.7 Å². The molecule has 1 N–H and O–H groups in total. The molecule has 3 aromatic heterocycles. The normalized spacial score (nSPS) is 12.6. The van der Waals surface area contributed by atoms with Gasteiger partial charge in [0.05, 0.1) is 0 Å². The Labute approximate surface area is 231 Å². The predicted molar refractivity (Wildman–Crippen MR) is 153 cm³/mol. The molecule has 1 atom stereocenters. The van der Waals surface area contributed by atoms with E-state index in [9.17, 15) is 9.59 Å². The van der Waals surface area contributed by atoms with E-state index in [0.29, 0.717) is 30.1 Å². The number of tetrazole rings is 1. The molecule has 40 heavy (non-hydrogen) atoms. The minimum Gasteiger partial charge on any atom is -0.361 e.